The molecule has 29 heavy (non-hydrogen) atoms. The molecule has 4 amide bonds. The molecular formula is C21H20N4O4. The number of rotatable bonds is 7. The van der Waals surface area contributed by atoms with Crippen LogP contribution in [0.3, 0.4) is 0 Å². The van der Waals surface area contributed by atoms with Gasteiger partial charge in [-0.3, -0.25) is 9.59 Å². The molecule has 0 unspecified atom stereocenters. The monoisotopic (exact) mass is 392 g/mol. The van der Waals surface area contributed by atoms with Crippen LogP contribution in [0.5, 0.6) is 0 Å². The summed E-state index contributed by atoms with van der Waals surface area (Å²) in [6, 6.07) is 18.5. The minimum absolute atomic E-state index is 0.154. The number of anilines is 2. The topological polar surface area (TPSA) is 112 Å². The highest BCUT2D eigenvalue weighted by Crippen LogP contribution is 2.11. The Morgan fingerprint density at radius 2 is 1.45 bits per heavy atom. The van der Waals surface area contributed by atoms with Gasteiger partial charge in [-0.25, -0.2) is 4.79 Å². The van der Waals surface area contributed by atoms with Crippen molar-refractivity contribution in [2.24, 2.45) is 0 Å². The largest absolute Gasteiger partial charge is 0.467 e. The van der Waals surface area contributed by atoms with E-state index in [1.807, 2.05) is 18.2 Å². The zero-order chi connectivity index (χ0) is 20.5. The molecule has 0 saturated heterocycles. The summed E-state index contributed by atoms with van der Waals surface area (Å²) in [6.45, 7) is 0.103. The van der Waals surface area contributed by atoms with E-state index in [1.54, 1.807) is 48.5 Å². The first-order valence-electron chi connectivity index (χ1n) is 8.90. The van der Waals surface area contributed by atoms with Gasteiger partial charge in [0.2, 0.25) is 5.91 Å². The van der Waals surface area contributed by atoms with Crippen LogP contribution in [0.1, 0.15) is 16.1 Å². The van der Waals surface area contributed by atoms with Crippen molar-refractivity contribution in [3.8, 4) is 0 Å². The van der Waals surface area contributed by atoms with Crippen LogP contribution in [0.4, 0.5) is 16.2 Å². The van der Waals surface area contributed by atoms with Crippen molar-refractivity contribution < 1.29 is 18.8 Å². The smallest absolute Gasteiger partial charge is 0.323 e. The maximum atomic E-state index is 12.1. The predicted octanol–water partition coefficient (Wildman–Crippen LogP) is 2.97. The van der Waals surface area contributed by atoms with Crippen LogP contribution in [0.2, 0.25) is 0 Å². The number of nitrogens with one attached hydrogen (secondary N) is 4. The third-order valence-corrected chi connectivity index (χ3v) is 3.89. The Bertz CT molecular complexity index is 954. The second-order valence-electron chi connectivity index (χ2n) is 6.06. The summed E-state index contributed by atoms with van der Waals surface area (Å²) in [7, 11) is 0. The second kappa shape index (κ2) is 9.75. The summed E-state index contributed by atoms with van der Waals surface area (Å²) < 4.78 is 5.11. The number of carbonyl (C=O) groups excluding carboxylic acids is 3. The van der Waals surface area contributed by atoms with Crippen LogP contribution in [0.25, 0.3) is 0 Å². The molecule has 1 aromatic heterocycles. The summed E-state index contributed by atoms with van der Waals surface area (Å²) in [5, 5.41) is 10.6. The number of urea groups is 1. The van der Waals surface area contributed by atoms with Crippen LogP contribution in [-0.4, -0.2) is 24.4 Å². The third-order valence-electron chi connectivity index (χ3n) is 3.89. The highest BCUT2D eigenvalue weighted by molar-refractivity contribution is 6.00. The molecule has 0 radical (unpaired) electrons. The van der Waals surface area contributed by atoms with E-state index in [4.69, 9.17) is 4.42 Å². The average molecular weight is 392 g/mol. The Morgan fingerprint density at radius 3 is 2.10 bits per heavy atom. The highest BCUT2D eigenvalue weighted by atomic mass is 16.3. The van der Waals surface area contributed by atoms with E-state index in [0.717, 1.165) is 0 Å². The van der Waals surface area contributed by atoms with Crippen molar-refractivity contribution in [3.63, 3.8) is 0 Å². The van der Waals surface area contributed by atoms with Gasteiger partial charge in [-0.05, 0) is 48.5 Å². The van der Waals surface area contributed by atoms with Gasteiger partial charge in [0.1, 0.15) is 5.76 Å². The summed E-state index contributed by atoms with van der Waals surface area (Å²) in [6.07, 6.45) is 1.52. The van der Waals surface area contributed by atoms with E-state index in [-0.39, 0.29) is 25.0 Å². The maximum Gasteiger partial charge on any atom is 0.323 e. The molecule has 1 heterocycles. The Hall–Kier alpha value is -4.07. The van der Waals surface area contributed by atoms with E-state index < -0.39 is 5.91 Å². The van der Waals surface area contributed by atoms with Crippen LogP contribution < -0.4 is 21.3 Å². The van der Waals surface area contributed by atoms with Gasteiger partial charge in [-0.15, -0.1) is 0 Å². The van der Waals surface area contributed by atoms with Crippen LogP contribution in [-0.2, 0) is 11.3 Å². The summed E-state index contributed by atoms with van der Waals surface area (Å²) in [5.74, 6) is -0.0897. The molecule has 0 aliphatic carbocycles. The number of hydrogen-bond acceptors (Lipinski definition) is 4. The molecule has 8 heteroatoms. The van der Waals surface area contributed by atoms with Gasteiger partial charge in [0.25, 0.3) is 5.91 Å². The van der Waals surface area contributed by atoms with E-state index in [9.17, 15) is 14.4 Å². The summed E-state index contributed by atoms with van der Waals surface area (Å²) >= 11 is 0. The maximum absolute atomic E-state index is 12.1. The lowest BCUT2D eigenvalue weighted by atomic mass is 10.2. The fraction of sp³-hybridized carbons (Fsp3) is 0.0952. The van der Waals surface area contributed by atoms with Crippen LogP contribution in [0.15, 0.2) is 77.4 Å². The van der Waals surface area contributed by atoms with Crippen molar-refractivity contribution in [3.05, 3.63) is 84.3 Å². The van der Waals surface area contributed by atoms with E-state index in [0.29, 0.717) is 22.7 Å². The number of para-hydroxylation sites is 1. The molecule has 2 aromatic carbocycles. The molecule has 148 valence electrons. The van der Waals surface area contributed by atoms with Crippen molar-refractivity contribution in [2.75, 3.05) is 17.2 Å². The van der Waals surface area contributed by atoms with E-state index in [1.165, 1.54) is 6.26 Å². The molecule has 0 saturated carbocycles. The van der Waals surface area contributed by atoms with Gasteiger partial charge in [-0.1, -0.05) is 18.2 Å². The van der Waals surface area contributed by atoms with Gasteiger partial charge < -0.3 is 25.7 Å². The summed E-state index contributed by atoms with van der Waals surface area (Å²) in [5.41, 5.74) is 1.58. The third kappa shape index (κ3) is 6.24. The standard InChI is InChI=1S/C21H20N4O4/c26-19(22-13-18-7-4-12-29-18)14-23-20(27)15-8-10-17(11-9-15)25-21(28)24-16-5-2-1-3-6-16/h1-12H,13-14H2,(H,22,26)(H,23,27)(H2,24,25,28). The van der Waals surface area contributed by atoms with Crippen molar-refractivity contribution >= 4 is 29.2 Å². The molecule has 3 aromatic rings. The minimum Gasteiger partial charge on any atom is -0.467 e. The fourth-order valence-electron chi connectivity index (χ4n) is 2.44. The molecule has 0 aliphatic heterocycles. The predicted molar refractivity (Wildman–Crippen MR) is 108 cm³/mol. The highest BCUT2D eigenvalue weighted by Gasteiger charge is 2.09. The zero-order valence-electron chi connectivity index (χ0n) is 15.5. The average Bonchev–Trinajstić information content (AvgIpc) is 3.25. The first-order chi connectivity index (χ1) is 14.1. The molecule has 0 fully saturated rings. The van der Waals surface area contributed by atoms with Gasteiger partial charge >= 0.3 is 6.03 Å². The fourth-order valence-corrected chi connectivity index (χ4v) is 2.44. The number of furan rings is 1. The summed E-state index contributed by atoms with van der Waals surface area (Å²) in [4.78, 5) is 35.9. The lowest BCUT2D eigenvalue weighted by molar-refractivity contribution is -0.120. The number of carbonyl (C=O) groups is 3. The second-order valence-corrected chi connectivity index (χ2v) is 6.06. The van der Waals surface area contributed by atoms with Crippen LogP contribution >= 0.6 is 0 Å². The SMILES string of the molecule is O=C(CNC(=O)c1ccc(NC(=O)Nc2ccccc2)cc1)NCc1ccco1. The molecule has 0 spiro atoms. The zero-order valence-corrected chi connectivity index (χ0v) is 15.5. The van der Waals surface area contributed by atoms with Gasteiger partial charge in [-0.2, -0.15) is 0 Å². The van der Waals surface area contributed by atoms with E-state index in [2.05, 4.69) is 21.3 Å². The Balaban J connectivity index is 1.43. The Labute approximate surface area is 167 Å². The molecule has 3 rings (SSSR count). The molecule has 0 atom stereocenters. The molecule has 0 aliphatic rings. The Morgan fingerprint density at radius 1 is 0.759 bits per heavy atom. The van der Waals surface area contributed by atoms with Crippen molar-refractivity contribution in [1.82, 2.24) is 10.6 Å². The molecule has 8 nitrogen and oxygen atoms in total. The molecule has 0 bridgehead atoms. The molecule has 4 N–H and O–H groups in total. The van der Waals surface area contributed by atoms with Crippen molar-refractivity contribution in [1.29, 1.82) is 0 Å². The first kappa shape index (κ1) is 19.7. The van der Waals surface area contributed by atoms with Gasteiger partial charge in [0, 0.05) is 16.9 Å². The van der Waals surface area contributed by atoms with Crippen molar-refractivity contribution in [2.45, 2.75) is 6.54 Å². The quantitative estimate of drug-likeness (QED) is 0.495. The lowest BCUT2D eigenvalue weighted by Crippen LogP contribution is -2.36. The minimum atomic E-state index is -0.390. The number of hydrogen-bond donors (Lipinski definition) is 4. The normalized spacial score (nSPS) is 10.1. The van der Waals surface area contributed by atoms with Gasteiger partial charge in [0.15, 0.2) is 0 Å². The number of benzene rings is 2. The van der Waals surface area contributed by atoms with Gasteiger partial charge in [0.05, 0.1) is 19.4 Å². The number of amides is 4. The molecular weight excluding hydrogens is 372 g/mol. The van der Waals surface area contributed by atoms with E-state index >= 15 is 0 Å². The lowest BCUT2D eigenvalue weighted by Gasteiger charge is -2.09. The van der Waals surface area contributed by atoms with Crippen LogP contribution in [0, 0.1) is 0 Å². The Kier molecular flexibility index (Phi) is 6.62. The first-order valence-corrected chi connectivity index (χ1v) is 8.90.